The van der Waals surface area contributed by atoms with E-state index in [2.05, 4.69) is 24.4 Å². The van der Waals surface area contributed by atoms with Crippen molar-refractivity contribution in [3.63, 3.8) is 0 Å². The fourth-order valence-electron chi connectivity index (χ4n) is 2.60. The topological polar surface area (TPSA) is 47.6 Å². The minimum absolute atomic E-state index is 0.0371. The Morgan fingerprint density at radius 1 is 1.43 bits per heavy atom. The van der Waals surface area contributed by atoms with Gasteiger partial charge in [-0.2, -0.15) is 0 Å². The molecule has 0 spiro atoms. The first kappa shape index (κ1) is 15.8. The van der Waals surface area contributed by atoms with Crippen molar-refractivity contribution in [1.29, 1.82) is 0 Å². The number of hydrogen-bond donors (Lipinski definition) is 1. The Bertz CT molecular complexity index is 438. The van der Waals surface area contributed by atoms with Crippen LogP contribution in [0.5, 0.6) is 5.75 Å². The summed E-state index contributed by atoms with van der Waals surface area (Å²) in [6.45, 7) is 4.25. The summed E-state index contributed by atoms with van der Waals surface area (Å²) in [5, 5.41) is 3.03. The number of carbonyl (C=O) groups is 1. The molecule has 0 saturated carbocycles. The van der Waals surface area contributed by atoms with Gasteiger partial charge in [0.1, 0.15) is 5.75 Å². The predicted octanol–water partition coefficient (Wildman–Crippen LogP) is 2.73. The summed E-state index contributed by atoms with van der Waals surface area (Å²) in [6.07, 6.45) is 2.87. The third-order valence-corrected chi connectivity index (χ3v) is 4.09. The molecule has 1 aromatic carbocycles. The lowest BCUT2D eigenvalue weighted by Gasteiger charge is -2.21. The smallest absolute Gasteiger partial charge is 0.225 e. The molecular weight excluding hydrogens is 266 g/mol. The molecule has 1 saturated heterocycles. The molecule has 1 aromatic rings. The molecule has 2 atom stereocenters. The molecule has 0 aromatic heterocycles. The Morgan fingerprint density at radius 2 is 2.19 bits per heavy atom. The number of methoxy groups -OCH3 is 1. The fourth-order valence-corrected chi connectivity index (χ4v) is 2.60. The molecular formula is C17H25NO3. The lowest BCUT2D eigenvalue weighted by molar-refractivity contribution is -0.128. The molecule has 1 amide bonds. The van der Waals surface area contributed by atoms with Crippen LogP contribution in [0.4, 0.5) is 0 Å². The zero-order valence-corrected chi connectivity index (χ0v) is 12.9. The zero-order chi connectivity index (χ0) is 15.1. The highest BCUT2D eigenvalue weighted by Crippen LogP contribution is 2.21. The quantitative estimate of drug-likeness (QED) is 0.876. The normalized spacial score (nSPS) is 19.8. The molecule has 1 N–H and O–H groups in total. The summed E-state index contributed by atoms with van der Waals surface area (Å²) in [5.41, 5.74) is 1.27. The van der Waals surface area contributed by atoms with E-state index in [1.54, 1.807) is 7.11 Å². The number of carbonyl (C=O) groups excluding carboxylic acids is 1. The summed E-state index contributed by atoms with van der Waals surface area (Å²) >= 11 is 0. The van der Waals surface area contributed by atoms with Crippen molar-refractivity contribution in [2.24, 2.45) is 5.92 Å². The second-order valence-corrected chi connectivity index (χ2v) is 5.67. The Hall–Kier alpha value is -1.55. The SMILES string of the molecule is COc1ccc([C@H](C)CCNC(=O)[C@H]2CCCOC2)cc1. The monoisotopic (exact) mass is 291 g/mol. The van der Waals surface area contributed by atoms with E-state index in [1.165, 1.54) is 5.56 Å². The molecule has 21 heavy (non-hydrogen) atoms. The van der Waals surface area contributed by atoms with Crippen molar-refractivity contribution in [1.82, 2.24) is 5.32 Å². The molecule has 0 bridgehead atoms. The van der Waals surface area contributed by atoms with Gasteiger partial charge in [0, 0.05) is 13.2 Å². The van der Waals surface area contributed by atoms with Gasteiger partial charge < -0.3 is 14.8 Å². The maximum atomic E-state index is 12.0. The Kier molecular flexibility index (Phi) is 6.05. The average molecular weight is 291 g/mol. The summed E-state index contributed by atoms with van der Waals surface area (Å²) in [6, 6.07) is 8.12. The summed E-state index contributed by atoms with van der Waals surface area (Å²) in [5.74, 6) is 1.46. The lowest BCUT2D eigenvalue weighted by Crippen LogP contribution is -2.36. The van der Waals surface area contributed by atoms with Crippen molar-refractivity contribution in [3.8, 4) is 5.75 Å². The highest BCUT2D eigenvalue weighted by Gasteiger charge is 2.21. The van der Waals surface area contributed by atoms with Crippen LogP contribution in [0.15, 0.2) is 24.3 Å². The Balaban J connectivity index is 1.72. The average Bonchev–Trinajstić information content (AvgIpc) is 2.55. The van der Waals surface area contributed by atoms with Crippen LogP contribution in [0.1, 0.15) is 37.7 Å². The predicted molar refractivity (Wildman–Crippen MR) is 82.6 cm³/mol. The lowest BCUT2D eigenvalue weighted by atomic mass is 9.97. The minimum Gasteiger partial charge on any atom is -0.497 e. The van der Waals surface area contributed by atoms with E-state index in [-0.39, 0.29) is 11.8 Å². The molecule has 0 aliphatic carbocycles. The summed E-state index contributed by atoms with van der Waals surface area (Å²) in [4.78, 5) is 12.0. The molecule has 4 heteroatoms. The van der Waals surface area contributed by atoms with Crippen LogP contribution in [-0.4, -0.2) is 32.8 Å². The van der Waals surface area contributed by atoms with Gasteiger partial charge in [-0.05, 0) is 42.9 Å². The van der Waals surface area contributed by atoms with E-state index < -0.39 is 0 Å². The van der Waals surface area contributed by atoms with Crippen LogP contribution < -0.4 is 10.1 Å². The van der Waals surface area contributed by atoms with E-state index in [1.807, 2.05) is 12.1 Å². The largest absolute Gasteiger partial charge is 0.497 e. The second kappa shape index (κ2) is 8.03. The van der Waals surface area contributed by atoms with E-state index in [0.717, 1.165) is 31.6 Å². The van der Waals surface area contributed by atoms with Crippen molar-refractivity contribution < 1.29 is 14.3 Å². The van der Waals surface area contributed by atoms with Crippen LogP contribution in [0.3, 0.4) is 0 Å². The van der Waals surface area contributed by atoms with E-state index in [9.17, 15) is 4.79 Å². The van der Waals surface area contributed by atoms with E-state index in [0.29, 0.717) is 19.1 Å². The fraction of sp³-hybridized carbons (Fsp3) is 0.588. The molecule has 1 aliphatic heterocycles. The van der Waals surface area contributed by atoms with Crippen molar-refractivity contribution in [2.45, 2.75) is 32.1 Å². The highest BCUT2D eigenvalue weighted by atomic mass is 16.5. The van der Waals surface area contributed by atoms with Crippen LogP contribution in [-0.2, 0) is 9.53 Å². The van der Waals surface area contributed by atoms with Gasteiger partial charge >= 0.3 is 0 Å². The molecule has 1 heterocycles. The number of amides is 1. The summed E-state index contributed by atoms with van der Waals surface area (Å²) < 4.78 is 10.5. The van der Waals surface area contributed by atoms with Crippen molar-refractivity contribution in [3.05, 3.63) is 29.8 Å². The van der Waals surface area contributed by atoms with Crippen LogP contribution in [0.25, 0.3) is 0 Å². The van der Waals surface area contributed by atoms with Gasteiger partial charge in [0.25, 0.3) is 0 Å². The van der Waals surface area contributed by atoms with Crippen LogP contribution in [0, 0.1) is 5.92 Å². The molecule has 4 nitrogen and oxygen atoms in total. The number of ether oxygens (including phenoxy) is 2. The van der Waals surface area contributed by atoms with Gasteiger partial charge in [0.2, 0.25) is 5.91 Å². The first-order valence-corrected chi connectivity index (χ1v) is 7.70. The number of hydrogen-bond acceptors (Lipinski definition) is 3. The molecule has 1 fully saturated rings. The van der Waals surface area contributed by atoms with Gasteiger partial charge in [0.05, 0.1) is 19.6 Å². The number of nitrogens with one attached hydrogen (secondary N) is 1. The van der Waals surface area contributed by atoms with Gasteiger partial charge in [-0.15, -0.1) is 0 Å². The van der Waals surface area contributed by atoms with Crippen LogP contribution >= 0.6 is 0 Å². The van der Waals surface area contributed by atoms with Gasteiger partial charge in [-0.3, -0.25) is 4.79 Å². The Morgan fingerprint density at radius 3 is 2.81 bits per heavy atom. The third kappa shape index (κ3) is 4.74. The Labute approximate surface area is 126 Å². The second-order valence-electron chi connectivity index (χ2n) is 5.67. The minimum atomic E-state index is 0.0371. The van der Waals surface area contributed by atoms with Crippen LogP contribution in [0.2, 0.25) is 0 Å². The summed E-state index contributed by atoms with van der Waals surface area (Å²) in [7, 11) is 1.67. The maximum absolute atomic E-state index is 12.0. The molecule has 2 rings (SSSR count). The van der Waals surface area contributed by atoms with Crippen molar-refractivity contribution >= 4 is 5.91 Å². The third-order valence-electron chi connectivity index (χ3n) is 4.09. The molecule has 116 valence electrons. The van der Waals surface area contributed by atoms with E-state index >= 15 is 0 Å². The van der Waals surface area contributed by atoms with Gasteiger partial charge in [0.15, 0.2) is 0 Å². The van der Waals surface area contributed by atoms with Gasteiger partial charge in [-0.25, -0.2) is 0 Å². The first-order valence-electron chi connectivity index (χ1n) is 7.70. The molecule has 0 radical (unpaired) electrons. The van der Waals surface area contributed by atoms with Gasteiger partial charge in [-0.1, -0.05) is 19.1 Å². The first-order chi connectivity index (χ1) is 10.2. The van der Waals surface area contributed by atoms with E-state index in [4.69, 9.17) is 9.47 Å². The maximum Gasteiger partial charge on any atom is 0.225 e. The molecule has 1 aliphatic rings. The zero-order valence-electron chi connectivity index (χ0n) is 12.9. The van der Waals surface area contributed by atoms with Crippen molar-refractivity contribution in [2.75, 3.05) is 26.9 Å². The molecule has 0 unspecified atom stereocenters. The number of benzene rings is 1. The highest BCUT2D eigenvalue weighted by molar-refractivity contribution is 5.78. The number of rotatable bonds is 6. The standard InChI is InChI=1S/C17H25NO3/c1-13(14-5-7-16(20-2)8-6-14)9-10-18-17(19)15-4-3-11-21-12-15/h5-8,13,15H,3-4,9-12H2,1-2H3,(H,18,19)/t13-,15+/m1/s1.